The SMILES string of the molecule is C=CC(C)C=O. The molecule has 0 aromatic heterocycles. The highest BCUT2D eigenvalue weighted by atomic mass is 16.1. The first-order valence-electron chi connectivity index (χ1n) is 1.89. The molecule has 0 fully saturated rings. The van der Waals surface area contributed by atoms with E-state index in [-0.39, 0.29) is 5.92 Å². The second kappa shape index (κ2) is 2.64. The van der Waals surface area contributed by atoms with Gasteiger partial charge in [-0.25, -0.2) is 0 Å². The maximum absolute atomic E-state index is 9.66. The van der Waals surface area contributed by atoms with Gasteiger partial charge in [0.25, 0.3) is 0 Å². The molecule has 0 aromatic carbocycles. The van der Waals surface area contributed by atoms with Crippen molar-refractivity contribution in [2.75, 3.05) is 0 Å². The predicted octanol–water partition coefficient (Wildman–Crippen LogP) is 1.01. The Morgan fingerprint density at radius 1 is 1.83 bits per heavy atom. The minimum absolute atomic E-state index is 0.0185. The lowest BCUT2D eigenvalue weighted by Gasteiger charge is -1.83. The molecule has 0 saturated heterocycles. The van der Waals surface area contributed by atoms with Crippen LogP contribution in [-0.4, -0.2) is 6.29 Å². The van der Waals surface area contributed by atoms with E-state index in [1.165, 1.54) is 0 Å². The summed E-state index contributed by atoms with van der Waals surface area (Å²) in [6.07, 6.45) is 2.46. The first-order valence-corrected chi connectivity index (χ1v) is 1.89. The molecule has 0 spiro atoms. The maximum Gasteiger partial charge on any atom is 0.126 e. The smallest absolute Gasteiger partial charge is 0.126 e. The van der Waals surface area contributed by atoms with Crippen LogP contribution < -0.4 is 0 Å². The van der Waals surface area contributed by atoms with Gasteiger partial charge in [0, 0.05) is 5.92 Å². The Morgan fingerprint density at radius 2 is 2.33 bits per heavy atom. The molecule has 0 aliphatic heterocycles. The van der Waals surface area contributed by atoms with Crippen molar-refractivity contribution >= 4 is 6.29 Å². The summed E-state index contributed by atoms with van der Waals surface area (Å²) in [5.41, 5.74) is 0. The van der Waals surface area contributed by atoms with Gasteiger partial charge in [0.05, 0.1) is 0 Å². The maximum atomic E-state index is 9.66. The van der Waals surface area contributed by atoms with Gasteiger partial charge < -0.3 is 4.79 Å². The van der Waals surface area contributed by atoms with Crippen molar-refractivity contribution in [3.8, 4) is 0 Å². The molecular formula is C5H8O. The molecule has 0 amide bonds. The topological polar surface area (TPSA) is 17.1 Å². The molecule has 0 heterocycles. The highest BCUT2D eigenvalue weighted by Gasteiger charge is 1.84. The highest BCUT2D eigenvalue weighted by molar-refractivity contribution is 5.55. The summed E-state index contributed by atoms with van der Waals surface area (Å²) in [6.45, 7) is 5.19. The van der Waals surface area contributed by atoms with E-state index in [1.54, 1.807) is 13.0 Å². The lowest BCUT2D eigenvalue weighted by atomic mass is 10.2. The van der Waals surface area contributed by atoms with E-state index >= 15 is 0 Å². The van der Waals surface area contributed by atoms with Crippen LogP contribution in [0.15, 0.2) is 12.7 Å². The highest BCUT2D eigenvalue weighted by Crippen LogP contribution is 1.84. The Bertz CT molecular complexity index is 49.0. The minimum Gasteiger partial charge on any atom is -0.303 e. The molecule has 0 N–H and O–H groups in total. The van der Waals surface area contributed by atoms with E-state index in [9.17, 15) is 4.79 Å². The van der Waals surface area contributed by atoms with Crippen molar-refractivity contribution in [3.05, 3.63) is 12.7 Å². The minimum atomic E-state index is 0.0185. The third kappa shape index (κ3) is 1.70. The summed E-state index contributed by atoms with van der Waals surface area (Å²) in [4.78, 5) is 9.66. The van der Waals surface area contributed by atoms with Gasteiger partial charge in [-0.3, -0.25) is 0 Å². The predicted molar refractivity (Wildman–Crippen MR) is 25.4 cm³/mol. The van der Waals surface area contributed by atoms with Crippen molar-refractivity contribution < 1.29 is 4.79 Å². The van der Waals surface area contributed by atoms with Crippen LogP contribution in [0.3, 0.4) is 0 Å². The molecular weight excluding hydrogens is 76.1 g/mol. The molecule has 0 aliphatic rings. The molecule has 0 aromatic rings. The lowest BCUT2D eigenvalue weighted by Crippen LogP contribution is -1.85. The van der Waals surface area contributed by atoms with Crippen LogP contribution in [-0.2, 0) is 4.79 Å². The fourth-order valence-electron chi connectivity index (χ4n) is 0.0556. The van der Waals surface area contributed by atoms with E-state index in [0.717, 1.165) is 6.29 Å². The summed E-state index contributed by atoms with van der Waals surface area (Å²) in [5.74, 6) is 0.0185. The summed E-state index contributed by atoms with van der Waals surface area (Å²) < 4.78 is 0. The van der Waals surface area contributed by atoms with E-state index < -0.39 is 0 Å². The van der Waals surface area contributed by atoms with Crippen LogP contribution in [0.4, 0.5) is 0 Å². The van der Waals surface area contributed by atoms with Crippen molar-refractivity contribution in [2.45, 2.75) is 6.92 Å². The van der Waals surface area contributed by atoms with Gasteiger partial charge in [-0.05, 0) is 0 Å². The Morgan fingerprint density at radius 3 is 2.33 bits per heavy atom. The van der Waals surface area contributed by atoms with Gasteiger partial charge in [-0.1, -0.05) is 13.0 Å². The Balaban J connectivity index is 3.21. The summed E-state index contributed by atoms with van der Waals surface area (Å²) >= 11 is 0. The number of carbonyl (C=O) groups is 1. The quantitative estimate of drug-likeness (QED) is 0.360. The molecule has 1 heteroatoms. The number of aldehydes is 1. The van der Waals surface area contributed by atoms with Crippen LogP contribution in [0, 0.1) is 5.92 Å². The monoisotopic (exact) mass is 84.1 g/mol. The van der Waals surface area contributed by atoms with Gasteiger partial charge >= 0.3 is 0 Å². The second-order valence-corrected chi connectivity index (χ2v) is 1.23. The molecule has 0 aliphatic carbocycles. The Hall–Kier alpha value is -0.590. The number of hydrogen-bond acceptors (Lipinski definition) is 1. The number of allylic oxidation sites excluding steroid dienone is 1. The molecule has 1 unspecified atom stereocenters. The van der Waals surface area contributed by atoms with Crippen LogP contribution in [0.2, 0.25) is 0 Å². The molecule has 0 bridgehead atoms. The van der Waals surface area contributed by atoms with E-state index in [4.69, 9.17) is 0 Å². The molecule has 1 atom stereocenters. The zero-order chi connectivity index (χ0) is 4.99. The fourth-order valence-corrected chi connectivity index (χ4v) is 0.0556. The van der Waals surface area contributed by atoms with Crippen molar-refractivity contribution in [1.29, 1.82) is 0 Å². The summed E-state index contributed by atoms with van der Waals surface area (Å²) in [7, 11) is 0. The first-order chi connectivity index (χ1) is 2.81. The number of rotatable bonds is 2. The van der Waals surface area contributed by atoms with Crippen LogP contribution in [0.1, 0.15) is 6.92 Å². The van der Waals surface area contributed by atoms with Gasteiger partial charge in [-0.15, -0.1) is 6.58 Å². The van der Waals surface area contributed by atoms with E-state index in [1.807, 2.05) is 0 Å². The van der Waals surface area contributed by atoms with E-state index in [2.05, 4.69) is 6.58 Å². The molecule has 0 saturated carbocycles. The molecule has 6 heavy (non-hydrogen) atoms. The first kappa shape index (κ1) is 5.41. The van der Waals surface area contributed by atoms with Gasteiger partial charge in [0.2, 0.25) is 0 Å². The average molecular weight is 84.1 g/mol. The van der Waals surface area contributed by atoms with E-state index in [0.29, 0.717) is 0 Å². The van der Waals surface area contributed by atoms with Crippen molar-refractivity contribution in [3.63, 3.8) is 0 Å². The molecule has 1 nitrogen and oxygen atoms in total. The fraction of sp³-hybridized carbons (Fsp3) is 0.400. The molecule has 0 rings (SSSR count). The number of hydrogen-bond donors (Lipinski definition) is 0. The summed E-state index contributed by atoms with van der Waals surface area (Å²) in [6, 6.07) is 0. The largest absolute Gasteiger partial charge is 0.303 e. The van der Waals surface area contributed by atoms with Gasteiger partial charge in [0.15, 0.2) is 0 Å². The van der Waals surface area contributed by atoms with Gasteiger partial charge in [-0.2, -0.15) is 0 Å². The summed E-state index contributed by atoms with van der Waals surface area (Å²) in [5, 5.41) is 0. The van der Waals surface area contributed by atoms with Gasteiger partial charge in [0.1, 0.15) is 6.29 Å². The molecule has 0 radical (unpaired) electrons. The Labute approximate surface area is 37.7 Å². The number of carbonyl (C=O) groups excluding carboxylic acids is 1. The third-order valence-corrected chi connectivity index (χ3v) is 0.586. The third-order valence-electron chi connectivity index (χ3n) is 0.586. The standard InChI is InChI=1S/C5H8O/c1-3-5(2)4-6/h3-5H,1H2,2H3. The average Bonchev–Trinajstić information content (AvgIpc) is 1.65. The van der Waals surface area contributed by atoms with Crippen molar-refractivity contribution in [2.24, 2.45) is 5.92 Å². The Kier molecular flexibility index (Phi) is 2.38. The van der Waals surface area contributed by atoms with Crippen LogP contribution in [0.25, 0.3) is 0 Å². The zero-order valence-electron chi connectivity index (χ0n) is 3.85. The lowest BCUT2D eigenvalue weighted by molar-refractivity contribution is -0.109. The van der Waals surface area contributed by atoms with Crippen molar-refractivity contribution in [1.82, 2.24) is 0 Å². The van der Waals surface area contributed by atoms with Crippen LogP contribution >= 0.6 is 0 Å². The molecule has 34 valence electrons. The normalized spacial score (nSPS) is 12.8. The zero-order valence-corrected chi connectivity index (χ0v) is 3.85. The second-order valence-electron chi connectivity index (χ2n) is 1.23. The van der Waals surface area contributed by atoms with Crippen LogP contribution in [0.5, 0.6) is 0 Å².